The summed E-state index contributed by atoms with van der Waals surface area (Å²) in [5.74, 6) is -0.453. The molecule has 0 unspecified atom stereocenters. The van der Waals surface area contributed by atoms with E-state index in [2.05, 4.69) is 10.6 Å². The van der Waals surface area contributed by atoms with Crippen LogP contribution in [0.25, 0.3) is 0 Å². The van der Waals surface area contributed by atoms with Crippen LogP contribution in [0.5, 0.6) is 0 Å². The third kappa shape index (κ3) is 4.26. The zero-order chi connectivity index (χ0) is 16.3. The van der Waals surface area contributed by atoms with Crippen molar-refractivity contribution >= 4 is 27.9 Å². The summed E-state index contributed by atoms with van der Waals surface area (Å²) in [6, 6.07) is 12.0. The maximum atomic E-state index is 12.9. The van der Waals surface area contributed by atoms with Crippen molar-refractivity contribution in [1.29, 1.82) is 0 Å². The van der Waals surface area contributed by atoms with E-state index in [9.17, 15) is 12.8 Å². The molecule has 0 saturated carbocycles. The average Bonchev–Trinajstić information content (AvgIpc) is 2.57. The van der Waals surface area contributed by atoms with Gasteiger partial charge in [0.25, 0.3) is 0 Å². The number of benzene rings is 2. The smallest absolute Gasteiger partial charge is 0.206 e. The predicted octanol–water partition coefficient (Wildman–Crippen LogP) is 3.24. The topological polar surface area (TPSA) is 58.2 Å². The molecule has 7 heteroatoms. The average molecular weight is 371 g/mol. The second-order valence-electron chi connectivity index (χ2n) is 5.65. The fourth-order valence-corrected chi connectivity index (χ4v) is 3.94. The SMILES string of the molecule is Cl.O=S(=O)(c1ccc(F)cc1)c1ccc(NC2CCNCC2)cc1. The van der Waals surface area contributed by atoms with E-state index in [4.69, 9.17) is 0 Å². The van der Waals surface area contributed by atoms with E-state index >= 15 is 0 Å². The molecular formula is C17H20ClFN2O2S. The monoisotopic (exact) mass is 370 g/mol. The van der Waals surface area contributed by atoms with Crippen molar-refractivity contribution in [1.82, 2.24) is 5.32 Å². The van der Waals surface area contributed by atoms with Crippen LogP contribution in [0, 0.1) is 5.82 Å². The Morgan fingerprint density at radius 1 is 0.917 bits per heavy atom. The summed E-state index contributed by atoms with van der Waals surface area (Å²) in [7, 11) is -3.61. The molecule has 0 radical (unpaired) electrons. The van der Waals surface area contributed by atoms with Gasteiger partial charge in [0, 0.05) is 11.7 Å². The van der Waals surface area contributed by atoms with Crippen LogP contribution in [-0.2, 0) is 9.84 Å². The molecule has 0 aromatic heterocycles. The lowest BCUT2D eigenvalue weighted by Crippen LogP contribution is -2.35. The first-order valence-electron chi connectivity index (χ1n) is 7.64. The van der Waals surface area contributed by atoms with Gasteiger partial charge in [-0.25, -0.2) is 12.8 Å². The summed E-state index contributed by atoms with van der Waals surface area (Å²) in [6.45, 7) is 1.99. The van der Waals surface area contributed by atoms with Crippen molar-refractivity contribution in [2.24, 2.45) is 0 Å². The number of nitrogens with one attached hydrogen (secondary N) is 2. The molecule has 4 nitrogen and oxygen atoms in total. The summed E-state index contributed by atoms with van der Waals surface area (Å²) in [5.41, 5.74) is 0.912. The van der Waals surface area contributed by atoms with Gasteiger partial charge in [-0.3, -0.25) is 0 Å². The summed E-state index contributed by atoms with van der Waals surface area (Å²) in [5, 5.41) is 6.73. The van der Waals surface area contributed by atoms with Crippen molar-refractivity contribution in [2.75, 3.05) is 18.4 Å². The van der Waals surface area contributed by atoms with Crippen molar-refractivity contribution in [3.8, 4) is 0 Å². The Labute approximate surface area is 147 Å². The highest BCUT2D eigenvalue weighted by molar-refractivity contribution is 7.91. The van der Waals surface area contributed by atoms with Crippen LogP contribution >= 0.6 is 12.4 Å². The Kier molecular flexibility index (Phi) is 6.21. The minimum absolute atomic E-state index is 0. The highest BCUT2D eigenvalue weighted by atomic mass is 35.5. The van der Waals surface area contributed by atoms with Gasteiger partial charge in [-0.1, -0.05) is 0 Å². The quantitative estimate of drug-likeness (QED) is 0.811. The van der Waals surface area contributed by atoms with Gasteiger partial charge in [0.05, 0.1) is 9.79 Å². The number of rotatable bonds is 4. The second kappa shape index (κ2) is 7.96. The van der Waals surface area contributed by atoms with Crippen molar-refractivity contribution in [3.05, 3.63) is 54.3 Å². The van der Waals surface area contributed by atoms with Crippen LogP contribution in [0.1, 0.15) is 12.8 Å². The third-order valence-electron chi connectivity index (χ3n) is 4.00. The molecule has 0 atom stereocenters. The van der Waals surface area contributed by atoms with Crippen molar-refractivity contribution in [2.45, 2.75) is 28.7 Å². The molecule has 130 valence electrons. The van der Waals surface area contributed by atoms with Crippen molar-refractivity contribution < 1.29 is 12.8 Å². The third-order valence-corrected chi connectivity index (χ3v) is 5.78. The molecule has 24 heavy (non-hydrogen) atoms. The predicted molar refractivity (Wildman–Crippen MR) is 95.1 cm³/mol. The lowest BCUT2D eigenvalue weighted by Gasteiger charge is -2.24. The van der Waals surface area contributed by atoms with Crippen molar-refractivity contribution in [3.63, 3.8) is 0 Å². The van der Waals surface area contributed by atoms with Gasteiger partial charge in [0.1, 0.15) is 5.82 Å². The maximum absolute atomic E-state index is 12.9. The summed E-state index contributed by atoms with van der Waals surface area (Å²) >= 11 is 0. The summed E-state index contributed by atoms with van der Waals surface area (Å²) in [6.07, 6.45) is 2.10. The fraction of sp³-hybridized carbons (Fsp3) is 0.294. The molecule has 2 aromatic carbocycles. The summed E-state index contributed by atoms with van der Waals surface area (Å²) < 4.78 is 37.9. The Bertz CT molecular complexity index is 758. The maximum Gasteiger partial charge on any atom is 0.206 e. The number of sulfone groups is 1. The number of halogens is 2. The van der Waals surface area contributed by atoms with Gasteiger partial charge in [-0.05, 0) is 74.5 Å². The van der Waals surface area contributed by atoms with Gasteiger partial charge in [-0.2, -0.15) is 0 Å². The molecule has 1 saturated heterocycles. The molecule has 3 rings (SSSR count). The molecular weight excluding hydrogens is 351 g/mol. The standard InChI is InChI=1S/C17H19FN2O2S.ClH/c18-13-1-5-16(6-2-13)23(21,22)17-7-3-14(4-8-17)20-15-9-11-19-12-10-15;/h1-8,15,19-20H,9-12H2;1H. The molecule has 0 aliphatic carbocycles. The first-order chi connectivity index (χ1) is 11.1. The van der Waals surface area contributed by atoms with Crippen LogP contribution in [0.3, 0.4) is 0 Å². The molecule has 1 aliphatic heterocycles. The van der Waals surface area contributed by atoms with Crippen LogP contribution in [0.2, 0.25) is 0 Å². The van der Waals surface area contributed by atoms with E-state index < -0.39 is 15.7 Å². The van der Waals surface area contributed by atoms with Gasteiger partial charge >= 0.3 is 0 Å². The van der Waals surface area contributed by atoms with E-state index in [0.29, 0.717) is 6.04 Å². The highest BCUT2D eigenvalue weighted by Gasteiger charge is 2.18. The molecule has 0 amide bonds. The Morgan fingerprint density at radius 3 is 1.96 bits per heavy atom. The Balaban J connectivity index is 0.00000208. The fourth-order valence-electron chi connectivity index (χ4n) is 2.68. The Morgan fingerprint density at radius 2 is 1.42 bits per heavy atom. The van der Waals surface area contributed by atoms with Crippen LogP contribution < -0.4 is 10.6 Å². The van der Waals surface area contributed by atoms with E-state index in [-0.39, 0.29) is 22.2 Å². The molecule has 1 fully saturated rings. The molecule has 0 bridgehead atoms. The minimum atomic E-state index is -3.61. The highest BCUT2D eigenvalue weighted by Crippen LogP contribution is 2.23. The second-order valence-corrected chi connectivity index (χ2v) is 7.60. The van der Waals surface area contributed by atoms with Gasteiger partial charge in [0.15, 0.2) is 0 Å². The molecule has 1 heterocycles. The van der Waals surface area contributed by atoms with Gasteiger partial charge in [-0.15, -0.1) is 12.4 Å². The summed E-state index contributed by atoms with van der Waals surface area (Å²) in [4.78, 5) is 0.304. The number of hydrogen-bond donors (Lipinski definition) is 2. The van der Waals surface area contributed by atoms with Crippen LogP contribution in [0.4, 0.5) is 10.1 Å². The molecule has 1 aliphatic rings. The first-order valence-corrected chi connectivity index (χ1v) is 9.12. The molecule has 0 spiro atoms. The van der Waals surface area contributed by atoms with E-state index in [1.807, 2.05) is 0 Å². The van der Waals surface area contributed by atoms with E-state index in [0.717, 1.165) is 43.8 Å². The molecule has 2 aromatic rings. The number of hydrogen-bond acceptors (Lipinski definition) is 4. The number of anilines is 1. The van der Waals surface area contributed by atoms with Gasteiger partial charge < -0.3 is 10.6 Å². The lowest BCUT2D eigenvalue weighted by molar-refractivity contribution is 0.479. The zero-order valence-corrected chi connectivity index (χ0v) is 14.7. The van der Waals surface area contributed by atoms with Gasteiger partial charge in [0.2, 0.25) is 9.84 Å². The largest absolute Gasteiger partial charge is 0.382 e. The van der Waals surface area contributed by atoms with Crippen LogP contribution in [-0.4, -0.2) is 27.5 Å². The first kappa shape index (κ1) is 18.7. The zero-order valence-electron chi connectivity index (χ0n) is 13.0. The Hall–Kier alpha value is -1.63. The molecule has 2 N–H and O–H groups in total. The lowest BCUT2D eigenvalue weighted by atomic mass is 10.1. The normalized spacial score (nSPS) is 15.5. The van der Waals surface area contributed by atoms with E-state index in [1.54, 1.807) is 24.3 Å². The van der Waals surface area contributed by atoms with Crippen LogP contribution in [0.15, 0.2) is 58.3 Å². The van der Waals surface area contributed by atoms with E-state index in [1.165, 1.54) is 12.1 Å². The minimum Gasteiger partial charge on any atom is -0.382 e. The number of piperidine rings is 1.